The zero-order chi connectivity index (χ0) is 39.8. The zero-order valence-corrected chi connectivity index (χ0v) is 35.6. The second-order valence-electron chi connectivity index (χ2n) is 13.6. The van der Waals surface area contributed by atoms with E-state index >= 15 is 8.42 Å². The van der Waals surface area contributed by atoms with Crippen LogP contribution in [0.15, 0.2) is 94.7 Å². The van der Waals surface area contributed by atoms with Crippen LogP contribution in [0.4, 0.5) is 4.79 Å². The average Bonchev–Trinajstić information content (AvgIpc) is 3.61. The molecule has 16 heteroatoms. The maximum absolute atomic E-state index is 15.4. The fraction of sp³-hybridized carbons (Fsp3) is 0.333. The third-order valence-corrected chi connectivity index (χ3v) is 12.3. The van der Waals surface area contributed by atoms with Gasteiger partial charge < -0.3 is 24.3 Å². The highest BCUT2D eigenvalue weighted by Crippen LogP contribution is 2.40. The molecule has 1 atom stereocenters. The molecule has 0 aliphatic rings. The van der Waals surface area contributed by atoms with E-state index in [9.17, 15) is 4.79 Å². The van der Waals surface area contributed by atoms with Crippen molar-refractivity contribution in [1.82, 2.24) is 29.8 Å². The van der Waals surface area contributed by atoms with E-state index in [1.165, 1.54) is 20.9 Å². The second-order valence-corrected chi connectivity index (χ2v) is 17.7. The highest BCUT2D eigenvalue weighted by atomic mass is 127. The van der Waals surface area contributed by atoms with Gasteiger partial charge in [-0.3, -0.25) is 0 Å². The van der Waals surface area contributed by atoms with E-state index < -0.39 is 21.7 Å². The van der Waals surface area contributed by atoms with Crippen molar-refractivity contribution in [2.24, 2.45) is 0 Å². The van der Waals surface area contributed by atoms with Gasteiger partial charge in [0.25, 0.3) is 0 Å². The summed E-state index contributed by atoms with van der Waals surface area (Å²) in [4.78, 5) is 14.5. The summed E-state index contributed by atoms with van der Waals surface area (Å²) >= 11 is 3.42. The number of tetrazole rings is 1. The smallest absolute Gasteiger partial charge is 0.407 e. The summed E-state index contributed by atoms with van der Waals surface area (Å²) in [6.07, 6.45) is -0.556. The van der Waals surface area contributed by atoms with Crippen LogP contribution in [0.5, 0.6) is 17.2 Å². The number of ether oxygens (including phenoxy) is 4. The molecule has 0 spiro atoms. The summed E-state index contributed by atoms with van der Waals surface area (Å²) in [6.45, 7) is 7.64. The second kappa shape index (κ2) is 18.5. The number of hydrogen-bond acceptors (Lipinski definition) is 11. The molecule has 292 valence electrons. The molecule has 0 aliphatic heterocycles. The largest absolute Gasteiger partial charge is 0.497 e. The molecule has 5 rings (SSSR count). The van der Waals surface area contributed by atoms with Gasteiger partial charge in [0, 0.05) is 33.3 Å². The number of halogens is 1. The number of carbonyl (C=O) groups excluding carboxylic acids is 1. The Kier molecular flexibility index (Phi) is 14.0. The SMILES string of the molecule is COc1ccc(CN(Cc2ccc(OC)cc2)S(=O)(=O)c2c(SC[C@H](C)NC(=O)OC(C)(C)C)ccc(I)c2-c2nnn(Cc3ccc(OC)cc3)n2)cc1. The monoisotopic (exact) mass is 900 g/mol. The van der Waals surface area contributed by atoms with Gasteiger partial charge in [-0.1, -0.05) is 36.4 Å². The standard InChI is InChI=1S/C39H45IN6O7S2/c1-26(41-38(47)53-39(2,3)4)25-54-34-21-20-33(40)35(37-42-44-46(43-37)24-29-12-18-32(52-7)19-13-29)36(34)55(48,49)45(22-27-8-14-30(50-5)15-9-27)23-28-10-16-31(51-6)17-11-28/h8-21,26H,22-25H2,1-7H3,(H,41,47)/t26-/m0/s1. The fourth-order valence-corrected chi connectivity index (χ4v) is 9.37. The summed E-state index contributed by atoms with van der Waals surface area (Å²) in [5, 5.41) is 16.2. The molecule has 0 bridgehead atoms. The number of hydrogen-bond donors (Lipinski definition) is 1. The molecule has 4 aromatic carbocycles. The minimum absolute atomic E-state index is 0.0416. The number of aromatic nitrogens is 4. The number of amides is 1. The Bertz CT molecular complexity index is 2110. The van der Waals surface area contributed by atoms with Crippen LogP contribution in [0.2, 0.25) is 0 Å². The van der Waals surface area contributed by atoms with E-state index in [0.717, 1.165) is 22.4 Å². The summed E-state index contributed by atoms with van der Waals surface area (Å²) in [5.74, 6) is 2.54. The lowest BCUT2D eigenvalue weighted by molar-refractivity contribution is 0.0513. The van der Waals surface area contributed by atoms with E-state index in [4.69, 9.17) is 24.0 Å². The van der Waals surface area contributed by atoms with Gasteiger partial charge >= 0.3 is 6.09 Å². The van der Waals surface area contributed by atoms with Crippen LogP contribution >= 0.6 is 34.4 Å². The van der Waals surface area contributed by atoms with Crippen LogP contribution in [-0.2, 0) is 34.4 Å². The highest BCUT2D eigenvalue weighted by molar-refractivity contribution is 14.1. The third-order valence-electron chi connectivity index (χ3n) is 8.12. The Hall–Kier alpha value is -4.39. The Morgan fingerprint density at radius 3 is 1.84 bits per heavy atom. The van der Waals surface area contributed by atoms with Crippen molar-refractivity contribution in [1.29, 1.82) is 0 Å². The third kappa shape index (κ3) is 11.3. The summed E-state index contributed by atoms with van der Waals surface area (Å²) in [7, 11) is 0.457. The van der Waals surface area contributed by atoms with Gasteiger partial charge in [0.05, 0.1) is 33.4 Å². The van der Waals surface area contributed by atoms with E-state index in [1.54, 1.807) is 72.4 Å². The Balaban J connectivity index is 1.59. The molecule has 0 aliphatic carbocycles. The van der Waals surface area contributed by atoms with Crippen LogP contribution in [0.25, 0.3) is 11.4 Å². The van der Waals surface area contributed by atoms with Gasteiger partial charge in [0.1, 0.15) is 27.7 Å². The van der Waals surface area contributed by atoms with Crippen LogP contribution in [0.1, 0.15) is 44.4 Å². The number of nitrogens with one attached hydrogen (secondary N) is 1. The minimum atomic E-state index is -4.31. The predicted octanol–water partition coefficient (Wildman–Crippen LogP) is 7.42. The number of methoxy groups -OCH3 is 3. The Morgan fingerprint density at radius 2 is 1.35 bits per heavy atom. The molecular weight excluding hydrogens is 856 g/mol. The summed E-state index contributed by atoms with van der Waals surface area (Å²) < 4.78 is 54.3. The molecule has 0 saturated heterocycles. The van der Waals surface area contributed by atoms with Crippen LogP contribution < -0.4 is 19.5 Å². The van der Waals surface area contributed by atoms with Gasteiger partial charge in [-0.05, 0) is 121 Å². The van der Waals surface area contributed by atoms with Crippen molar-refractivity contribution >= 4 is 50.5 Å². The summed E-state index contributed by atoms with van der Waals surface area (Å²) in [6, 6.07) is 25.3. The van der Waals surface area contributed by atoms with Crippen molar-refractivity contribution in [2.45, 2.75) is 68.8 Å². The van der Waals surface area contributed by atoms with Gasteiger partial charge in [-0.2, -0.15) is 9.10 Å². The first kappa shape index (κ1) is 41.8. The van der Waals surface area contributed by atoms with E-state index in [-0.39, 0.29) is 29.9 Å². The van der Waals surface area contributed by atoms with Crippen LogP contribution in [0.3, 0.4) is 0 Å². The molecule has 5 aromatic rings. The zero-order valence-electron chi connectivity index (χ0n) is 31.8. The number of sulfonamides is 1. The van der Waals surface area contributed by atoms with E-state index in [1.807, 2.05) is 61.5 Å². The normalized spacial score (nSPS) is 12.3. The quantitative estimate of drug-likeness (QED) is 0.0780. The molecule has 1 amide bonds. The molecule has 0 unspecified atom stereocenters. The van der Waals surface area contributed by atoms with E-state index in [2.05, 4.69) is 38.2 Å². The number of nitrogens with zero attached hydrogens (tertiary/aromatic N) is 5. The molecule has 1 heterocycles. The Labute approximate surface area is 340 Å². The molecule has 0 saturated carbocycles. The number of carbonyl (C=O) groups is 1. The first-order valence-corrected chi connectivity index (χ1v) is 20.8. The molecule has 55 heavy (non-hydrogen) atoms. The van der Waals surface area contributed by atoms with Crippen molar-refractivity contribution in [3.05, 3.63) is 105 Å². The van der Waals surface area contributed by atoms with Crippen LogP contribution in [-0.4, -0.2) is 77.7 Å². The maximum atomic E-state index is 15.4. The van der Waals surface area contributed by atoms with Gasteiger partial charge in [-0.15, -0.1) is 22.0 Å². The lowest BCUT2D eigenvalue weighted by Gasteiger charge is -2.26. The number of thioether (sulfide) groups is 1. The number of rotatable bonds is 16. The minimum Gasteiger partial charge on any atom is -0.497 e. The van der Waals surface area contributed by atoms with Gasteiger partial charge in [-0.25, -0.2) is 13.2 Å². The topological polar surface area (TPSA) is 147 Å². The number of alkyl carbamates (subject to hydrolysis) is 1. The highest BCUT2D eigenvalue weighted by Gasteiger charge is 2.34. The molecule has 13 nitrogen and oxygen atoms in total. The van der Waals surface area contributed by atoms with Crippen molar-refractivity contribution in [3.63, 3.8) is 0 Å². The molecule has 1 N–H and O–H groups in total. The lowest BCUT2D eigenvalue weighted by atomic mass is 10.2. The maximum Gasteiger partial charge on any atom is 0.407 e. The predicted molar refractivity (Wildman–Crippen MR) is 220 cm³/mol. The van der Waals surface area contributed by atoms with Crippen molar-refractivity contribution < 1.29 is 32.2 Å². The van der Waals surface area contributed by atoms with E-state index in [0.29, 0.717) is 37.8 Å². The summed E-state index contributed by atoms with van der Waals surface area (Å²) in [5.41, 5.74) is 2.09. The average molecular weight is 901 g/mol. The number of benzene rings is 4. The first-order chi connectivity index (χ1) is 26.2. The van der Waals surface area contributed by atoms with Crippen molar-refractivity contribution in [3.8, 4) is 28.6 Å². The lowest BCUT2D eigenvalue weighted by Crippen LogP contribution is -2.38. The Morgan fingerprint density at radius 1 is 0.836 bits per heavy atom. The van der Waals surface area contributed by atoms with Crippen LogP contribution in [0, 0.1) is 3.57 Å². The molecule has 0 fully saturated rings. The van der Waals surface area contributed by atoms with Crippen molar-refractivity contribution in [2.75, 3.05) is 27.1 Å². The first-order valence-electron chi connectivity index (χ1n) is 17.3. The molecular formula is C39H45IN6O7S2. The van der Waals surface area contributed by atoms with Gasteiger partial charge in [0.2, 0.25) is 15.8 Å². The molecule has 0 radical (unpaired) electrons. The molecule has 1 aromatic heterocycles. The van der Waals surface area contributed by atoms with Gasteiger partial charge in [0.15, 0.2) is 0 Å². The fourth-order valence-electron chi connectivity index (χ4n) is 5.41.